The molecular weight excluding hydrogens is 447 g/mol. The van der Waals surface area contributed by atoms with Crippen LogP contribution in [0.3, 0.4) is 0 Å². The van der Waals surface area contributed by atoms with Gasteiger partial charge in [-0.25, -0.2) is 4.79 Å². The molecule has 0 aromatic carbocycles. The van der Waals surface area contributed by atoms with Crippen LogP contribution in [0.15, 0.2) is 4.99 Å². The molecule has 0 heterocycles. The van der Waals surface area contributed by atoms with Crippen LogP contribution in [0, 0.1) is 5.41 Å². The fourth-order valence-corrected chi connectivity index (χ4v) is 3.66. The summed E-state index contributed by atoms with van der Waals surface area (Å²) < 4.78 is 11.1. The molecule has 2 rings (SSSR count). The number of rotatable bonds is 6. The van der Waals surface area contributed by atoms with Crippen LogP contribution in [0.2, 0.25) is 0 Å². The molecule has 8 heteroatoms. The number of aliphatic imine (C=N–C) groups is 1. The van der Waals surface area contributed by atoms with Crippen LogP contribution in [0.25, 0.3) is 0 Å². The first-order valence-electron chi connectivity index (χ1n) is 9.36. The number of halogens is 1. The first kappa shape index (κ1) is 23.3. The highest BCUT2D eigenvalue weighted by atomic mass is 127. The molecule has 0 saturated heterocycles. The second-order valence-electron chi connectivity index (χ2n) is 7.89. The summed E-state index contributed by atoms with van der Waals surface area (Å²) in [4.78, 5) is 15.9. The minimum absolute atomic E-state index is 0. The predicted molar refractivity (Wildman–Crippen MR) is 114 cm³/mol. The third kappa shape index (κ3) is 5.87. The van der Waals surface area contributed by atoms with E-state index in [2.05, 4.69) is 27.9 Å². The Kier molecular flexibility index (Phi) is 8.92. The fourth-order valence-electron chi connectivity index (χ4n) is 3.66. The summed E-state index contributed by atoms with van der Waals surface area (Å²) >= 11 is 0. The molecule has 0 aromatic heterocycles. The van der Waals surface area contributed by atoms with Crippen molar-refractivity contribution in [2.75, 3.05) is 26.7 Å². The molecule has 1 spiro atoms. The summed E-state index contributed by atoms with van der Waals surface area (Å²) in [5.41, 5.74) is -0.185. The Hall–Kier alpha value is -0.770. The van der Waals surface area contributed by atoms with E-state index in [4.69, 9.17) is 9.47 Å². The number of carbonyl (C=O) groups excluding carboxylic acids is 1. The molecule has 2 fully saturated rings. The molecule has 0 radical (unpaired) electrons. The normalized spacial score (nSPS) is 24.0. The van der Waals surface area contributed by atoms with Gasteiger partial charge < -0.3 is 25.4 Å². The van der Waals surface area contributed by atoms with Gasteiger partial charge in [0.05, 0.1) is 6.10 Å². The summed E-state index contributed by atoms with van der Waals surface area (Å²) in [7, 11) is 1.77. The van der Waals surface area contributed by atoms with Crippen molar-refractivity contribution in [2.24, 2.45) is 10.4 Å². The molecule has 2 saturated carbocycles. The Bertz CT molecular complexity index is 489. The number of nitrogens with zero attached hydrogens (tertiary/aromatic N) is 1. The Labute approximate surface area is 174 Å². The Morgan fingerprint density at radius 2 is 1.88 bits per heavy atom. The smallest absolute Gasteiger partial charge is 0.407 e. The molecule has 26 heavy (non-hydrogen) atoms. The number of nitrogens with one attached hydrogen (secondary N) is 3. The van der Waals surface area contributed by atoms with Crippen molar-refractivity contribution in [1.29, 1.82) is 0 Å². The number of amides is 1. The lowest BCUT2D eigenvalue weighted by Gasteiger charge is -2.61. The summed E-state index contributed by atoms with van der Waals surface area (Å²) in [5, 5.41) is 9.51. The first-order valence-corrected chi connectivity index (χ1v) is 9.36. The lowest BCUT2D eigenvalue weighted by atomic mass is 9.51. The van der Waals surface area contributed by atoms with Gasteiger partial charge in [0.25, 0.3) is 0 Å². The van der Waals surface area contributed by atoms with Gasteiger partial charge in [0.1, 0.15) is 5.60 Å². The van der Waals surface area contributed by atoms with Crippen molar-refractivity contribution in [1.82, 2.24) is 16.0 Å². The second kappa shape index (κ2) is 9.96. The number of hydrogen-bond donors (Lipinski definition) is 3. The molecule has 0 bridgehead atoms. The van der Waals surface area contributed by atoms with Crippen LogP contribution in [-0.2, 0) is 9.47 Å². The largest absolute Gasteiger partial charge is 0.444 e. The first-order chi connectivity index (χ1) is 11.8. The third-order valence-electron chi connectivity index (χ3n) is 5.06. The Morgan fingerprint density at radius 3 is 2.38 bits per heavy atom. The van der Waals surface area contributed by atoms with E-state index >= 15 is 0 Å². The van der Waals surface area contributed by atoms with Gasteiger partial charge in [0.2, 0.25) is 0 Å². The maximum Gasteiger partial charge on any atom is 0.407 e. The van der Waals surface area contributed by atoms with Gasteiger partial charge in [-0.1, -0.05) is 6.42 Å². The quantitative estimate of drug-likeness (QED) is 0.235. The van der Waals surface area contributed by atoms with Gasteiger partial charge in [-0.15, -0.1) is 24.0 Å². The van der Waals surface area contributed by atoms with Gasteiger partial charge in [0, 0.05) is 38.2 Å². The van der Waals surface area contributed by atoms with Gasteiger partial charge >= 0.3 is 6.09 Å². The minimum atomic E-state index is -0.479. The maximum atomic E-state index is 11.6. The molecular formula is C18H35IN4O3. The summed E-state index contributed by atoms with van der Waals surface area (Å²) in [5.74, 6) is 0.775. The molecule has 1 amide bonds. The zero-order chi connectivity index (χ0) is 18.5. The average Bonchev–Trinajstić information content (AvgIpc) is 2.44. The van der Waals surface area contributed by atoms with Crippen molar-refractivity contribution in [2.45, 2.75) is 71.1 Å². The van der Waals surface area contributed by atoms with Crippen molar-refractivity contribution in [3.05, 3.63) is 0 Å². The number of guanidine groups is 1. The van der Waals surface area contributed by atoms with Gasteiger partial charge in [0.15, 0.2) is 5.96 Å². The molecule has 3 N–H and O–H groups in total. The minimum Gasteiger partial charge on any atom is -0.444 e. The van der Waals surface area contributed by atoms with E-state index in [1.807, 2.05) is 20.8 Å². The lowest BCUT2D eigenvalue weighted by molar-refractivity contribution is -0.168. The van der Waals surface area contributed by atoms with Crippen LogP contribution in [0.5, 0.6) is 0 Å². The van der Waals surface area contributed by atoms with E-state index in [0.717, 1.165) is 19.0 Å². The van der Waals surface area contributed by atoms with Crippen LogP contribution >= 0.6 is 24.0 Å². The highest BCUT2D eigenvalue weighted by Gasteiger charge is 2.59. The second-order valence-corrected chi connectivity index (χ2v) is 7.89. The zero-order valence-corrected chi connectivity index (χ0v) is 19.0. The van der Waals surface area contributed by atoms with Gasteiger partial charge in [-0.3, -0.25) is 4.99 Å². The van der Waals surface area contributed by atoms with Crippen LogP contribution in [-0.4, -0.2) is 56.5 Å². The molecule has 0 aromatic rings. The van der Waals surface area contributed by atoms with E-state index < -0.39 is 11.7 Å². The van der Waals surface area contributed by atoms with Crippen LogP contribution < -0.4 is 16.0 Å². The zero-order valence-electron chi connectivity index (χ0n) is 16.7. The van der Waals surface area contributed by atoms with Crippen molar-refractivity contribution in [3.8, 4) is 0 Å². The number of hydrogen-bond acceptors (Lipinski definition) is 4. The average molecular weight is 482 g/mol. The monoisotopic (exact) mass is 482 g/mol. The number of carbonyl (C=O) groups is 1. The van der Waals surface area contributed by atoms with Crippen LogP contribution in [0.1, 0.15) is 53.4 Å². The summed E-state index contributed by atoms with van der Waals surface area (Å²) in [6, 6.07) is 0.419. The van der Waals surface area contributed by atoms with Crippen LogP contribution in [0.4, 0.5) is 4.79 Å². The third-order valence-corrected chi connectivity index (χ3v) is 5.06. The molecule has 152 valence electrons. The summed E-state index contributed by atoms with van der Waals surface area (Å²) in [6.45, 7) is 9.46. The van der Waals surface area contributed by atoms with E-state index in [1.165, 1.54) is 19.3 Å². The summed E-state index contributed by atoms with van der Waals surface area (Å²) in [6.07, 6.45) is 4.76. The molecule has 0 aliphatic heterocycles. The van der Waals surface area contributed by atoms with Gasteiger partial charge in [-0.2, -0.15) is 0 Å². The molecule has 2 aliphatic carbocycles. The maximum absolute atomic E-state index is 11.6. The number of ether oxygens (including phenoxy) is 2. The fraction of sp³-hybridized carbons (Fsp3) is 0.889. The van der Waals surface area contributed by atoms with E-state index in [-0.39, 0.29) is 24.0 Å². The molecule has 7 nitrogen and oxygen atoms in total. The van der Waals surface area contributed by atoms with Crippen molar-refractivity contribution in [3.63, 3.8) is 0 Å². The predicted octanol–water partition coefficient (Wildman–Crippen LogP) is 2.64. The van der Waals surface area contributed by atoms with E-state index in [0.29, 0.717) is 30.7 Å². The molecule has 2 unspecified atom stereocenters. The molecule has 2 atom stereocenters. The Balaban J connectivity index is 0.00000338. The van der Waals surface area contributed by atoms with E-state index in [9.17, 15) is 4.79 Å². The SMILES string of the molecule is CCOC1CC(NC(=NC)NCCNC(=O)OC(C)(C)C)C12CCC2.I. The van der Waals surface area contributed by atoms with Crippen molar-refractivity contribution < 1.29 is 14.3 Å². The highest BCUT2D eigenvalue weighted by Crippen LogP contribution is 2.57. The number of alkyl carbamates (subject to hydrolysis) is 1. The topological polar surface area (TPSA) is 84.0 Å². The molecule has 2 aliphatic rings. The van der Waals surface area contributed by atoms with Crippen molar-refractivity contribution >= 4 is 36.0 Å². The van der Waals surface area contributed by atoms with Gasteiger partial charge in [-0.05, 0) is 47.0 Å². The standard InChI is InChI=1S/C18H34N4O3.HI/c1-6-24-14-12-13(18(14)8-7-9-18)22-15(19-5)20-10-11-21-16(23)25-17(2,3)4;/h13-14H,6-12H2,1-5H3,(H,21,23)(H2,19,20,22);1H. The lowest BCUT2D eigenvalue weighted by Crippen LogP contribution is -2.68. The highest BCUT2D eigenvalue weighted by molar-refractivity contribution is 14.0. The Morgan fingerprint density at radius 1 is 1.23 bits per heavy atom. The van der Waals surface area contributed by atoms with E-state index in [1.54, 1.807) is 7.05 Å².